The molecule has 0 aliphatic carbocycles. The van der Waals surface area contributed by atoms with Gasteiger partial charge in [-0.25, -0.2) is 4.98 Å². The molecule has 2 N–H and O–H groups in total. The van der Waals surface area contributed by atoms with Crippen LogP contribution in [0.4, 0.5) is 22.7 Å². The molecule has 11 heteroatoms. The number of fused-ring (bicyclic) bond motifs is 4. The predicted molar refractivity (Wildman–Crippen MR) is 388 cm³/mol. The number of ether oxygens (including phenoxy) is 1. The third-order valence-corrected chi connectivity index (χ3v) is 17.2. The third-order valence-electron chi connectivity index (χ3n) is 17.2. The van der Waals surface area contributed by atoms with Crippen molar-refractivity contribution < 1.29 is 25.8 Å². The van der Waals surface area contributed by atoms with Crippen molar-refractivity contribution in [1.29, 1.82) is 0 Å². The molecule has 92 heavy (non-hydrogen) atoms. The van der Waals surface area contributed by atoms with Crippen LogP contribution in [-0.2, 0) is 53.6 Å². The van der Waals surface area contributed by atoms with Crippen LogP contribution in [0.25, 0.3) is 49.8 Å². The van der Waals surface area contributed by atoms with Crippen LogP contribution in [0.15, 0.2) is 189 Å². The molecule has 8 nitrogen and oxygen atoms in total. The van der Waals surface area contributed by atoms with E-state index in [4.69, 9.17) is 14.7 Å². The Labute approximate surface area is 564 Å². The van der Waals surface area contributed by atoms with Gasteiger partial charge in [-0.2, -0.15) is 23.9 Å². The Morgan fingerprint density at radius 1 is 0.500 bits per heavy atom. The minimum absolute atomic E-state index is 0. The molecule has 8 aromatic rings. The molecule has 472 valence electrons. The number of para-hydroxylation sites is 2. The molecule has 5 aromatic carbocycles. The average Bonchev–Trinajstić information content (AvgIpc) is 1.42. The standard InChI is InChI=1S/C81H88B2N7O.Pt/c1-76(2,3)53-31-34-68-60(43-53)59-33-32-58(51-71(59)90(68)72-48-54(35-42-86-72)77(4,5)6)91-73-50-57(49-67(87-73)74-63(80(13,14)15)46-56(79(10,11)12)47-64(74)81(16,17)18)88-52-89(70-30-20-19-29-69(70)88)75-61(65-27-25-40-84-38-23-21-36-82-65)44-55(78(7,8)9)45-62(75)66-28-26-41-85-39-24-22-37-83-66;/h19-49,52,84-85H,1-18H3;/q-3;/b36-21-,37-22-,38-23-,39-24-,40-25-,41-26-,65-27-,66-28-;. The Morgan fingerprint density at radius 3 is 1.59 bits per heavy atom. The molecular formula is C81H88B2N7OPt-3. The van der Waals surface area contributed by atoms with Crippen LogP contribution in [-0.4, -0.2) is 29.1 Å². The van der Waals surface area contributed by atoms with Crippen molar-refractivity contribution in [3.05, 3.63) is 252 Å². The molecule has 2 radical (unpaired) electrons. The van der Waals surface area contributed by atoms with E-state index in [1.54, 1.807) is 0 Å². The largest absolute Gasteiger partial charge is 0.503 e. The third kappa shape index (κ3) is 14.1. The van der Waals surface area contributed by atoms with Crippen LogP contribution < -0.4 is 25.2 Å². The minimum Gasteiger partial charge on any atom is -0.503 e. The van der Waals surface area contributed by atoms with Crippen molar-refractivity contribution >= 4 is 70.1 Å². The fourth-order valence-electron chi connectivity index (χ4n) is 12.0. The molecule has 3 aliphatic heterocycles. The van der Waals surface area contributed by atoms with Gasteiger partial charge in [0.15, 0.2) is 14.6 Å². The Morgan fingerprint density at radius 2 is 1.03 bits per heavy atom. The zero-order valence-electron chi connectivity index (χ0n) is 57.1. The molecule has 0 saturated heterocycles. The zero-order valence-corrected chi connectivity index (χ0v) is 59.4. The maximum Gasteiger partial charge on any atom is 0.182 e. The smallest absolute Gasteiger partial charge is 0.182 e. The number of aromatic nitrogens is 3. The van der Waals surface area contributed by atoms with Crippen molar-refractivity contribution in [2.75, 3.05) is 9.80 Å². The van der Waals surface area contributed by atoms with Crippen molar-refractivity contribution in [3.8, 4) is 28.7 Å². The molecule has 6 heterocycles. The summed E-state index contributed by atoms with van der Waals surface area (Å²) >= 11 is 0. The van der Waals surface area contributed by atoms with E-state index >= 15 is 0 Å². The maximum absolute atomic E-state index is 7.27. The van der Waals surface area contributed by atoms with Gasteiger partial charge in [-0.3, -0.25) is 4.98 Å². The van der Waals surface area contributed by atoms with Crippen molar-refractivity contribution in [2.24, 2.45) is 0 Å². The Hall–Kier alpha value is -8.06. The number of pyridine rings is 2. The van der Waals surface area contributed by atoms with Gasteiger partial charge in [0, 0.05) is 80.4 Å². The molecule has 0 atom stereocenters. The number of anilines is 4. The average molecular weight is 1390 g/mol. The second-order valence-electron chi connectivity index (χ2n) is 30.4. The topological polar surface area (TPSA) is 70.5 Å². The first-order chi connectivity index (χ1) is 42.9. The number of nitrogens with zero attached hydrogens (tertiary/aromatic N) is 5. The second kappa shape index (κ2) is 25.8. The summed E-state index contributed by atoms with van der Waals surface area (Å²) in [6.45, 7) is 43.4. The fourth-order valence-corrected chi connectivity index (χ4v) is 12.0. The SMILES string of the molecule is CC(C)(C)c1ccnc(-n2c3[c-]c(Oc4[c-]c(N5[CH-]N(c6c(/C7=C/C=C\N/C=C\C=C/[B]7)cc(C(C)(C)C)cc6/C6=C/C=C\N/C=C\C=C/[B]6)c6ccccc65)cc(-c5c(C(C)(C)C)cc(C(C)(C)C)cc5C(C)(C)C)n4)ccc3c3cc(C(C)(C)C)ccc32)c1.[Pt]. The predicted octanol–water partition coefficient (Wildman–Crippen LogP) is 20.2. The van der Waals surface area contributed by atoms with Crippen LogP contribution in [0.2, 0.25) is 0 Å². The van der Waals surface area contributed by atoms with E-state index in [-0.39, 0.29) is 53.6 Å². The summed E-state index contributed by atoms with van der Waals surface area (Å²) in [5, 5.41) is 8.79. The van der Waals surface area contributed by atoms with Crippen molar-refractivity contribution in [2.45, 2.75) is 157 Å². The van der Waals surface area contributed by atoms with Gasteiger partial charge in [-0.05, 0) is 160 Å². The first-order valence-electron chi connectivity index (χ1n) is 32.0. The number of nitrogens with one attached hydrogen (secondary N) is 2. The van der Waals surface area contributed by atoms with Gasteiger partial charge >= 0.3 is 0 Å². The maximum atomic E-state index is 7.27. The van der Waals surface area contributed by atoms with Crippen molar-refractivity contribution in [3.63, 3.8) is 0 Å². The van der Waals surface area contributed by atoms with Gasteiger partial charge in [0.25, 0.3) is 0 Å². The number of rotatable bonds is 8. The summed E-state index contributed by atoms with van der Waals surface area (Å²) in [6, 6.07) is 43.5. The van der Waals surface area contributed by atoms with Crippen molar-refractivity contribution in [1.82, 2.24) is 25.2 Å². The first kappa shape index (κ1) is 66.8. The fraction of sp³-hybridized carbons (Fsp3) is 0.296. The minimum atomic E-state index is -0.277. The number of hydrogen-bond donors (Lipinski definition) is 2. The first-order valence-corrected chi connectivity index (χ1v) is 32.0. The molecule has 0 saturated carbocycles. The summed E-state index contributed by atoms with van der Waals surface area (Å²) < 4.78 is 9.50. The summed E-state index contributed by atoms with van der Waals surface area (Å²) in [7, 11) is 4.42. The van der Waals surface area contributed by atoms with Gasteiger partial charge in [-0.1, -0.05) is 202 Å². The molecule has 0 unspecified atom stereocenters. The number of allylic oxidation sites excluding steroid dienone is 8. The van der Waals surface area contributed by atoms with E-state index in [0.29, 0.717) is 11.6 Å². The molecule has 0 bridgehead atoms. The molecule has 0 amide bonds. The molecule has 11 rings (SSSR count). The quantitative estimate of drug-likeness (QED) is 0.116. The van der Waals surface area contributed by atoms with E-state index in [9.17, 15) is 0 Å². The van der Waals surface area contributed by atoms with Crippen LogP contribution in [0.5, 0.6) is 11.6 Å². The van der Waals surface area contributed by atoms with E-state index < -0.39 is 0 Å². The van der Waals surface area contributed by atoms with E-state index in [2.05, 4.69) is 322 Å². The normalized spacial score (nSPS) is 18.1. The molecular weight excluding hydrogens is 1300 g/mol. The van der Waals surface area contributed by atoms with Crippen LogP contribution in [0.3, 0.4) is 0 Å². The Bertz CT molecular complexity index is 4270. The second-order valence-corrected chi connectivity index (χ2v) is 30.4. The summed E-state index contributed by atoms with van der Waals surface area (Å²) in [5.74, 6) is 5.88. The van der Waals surface area contributed by atoms with Gasteiger partial charge < -0.3 is 29.7 Å². The number of hydrogen-bond acceptors (Lipinski definition) is 7. The van der Waals surface area contributed by atoms with Crippen LogP contribution >= 0.6 is 0 Å². The molecule has 0 fully saturated rings. The van der Waals surface area contributed by atoms with E-state index in [1.807, 2.05) is 49.2 Å². The Balaban J connectivity index is 0.00000927. The Kier molecular flexibility index (Phi) is 18.7. The van der Waals surface area contributed by atoms with Gasteiger partial charge in [0.05, 0.1) is 0 Å². The van der Waals surface area contributed by atoms with Crippen LogP contribution in [0.1, 0.15) is 169 Å². The molecule has 0 spiro atoms. The summed E-state index contributed by atoms with van der Waals surface area (Å²) in [4.78, 5) is 15.3. The number of benzene rings is 5. The molecule has 3 aliphatic rings. The van der Waals surface area contributed by atoms with Gasteiger partial charge in [0.2, 0.25) is 0 Å². The molecule has 3 aromatic heterocycles. The summed E-state index contributed by atoms with van der Waals surface area (Å²) in [6.07, 6.45) is 26.4. The van der Waals surface area contributed by atoms with Gasteiger partial charge in [-0.15, -0.1) is 36.1 Å². The monoisotopic (exact) mass is 1390 g/mol. The van der Waals surface area contributed by atoms with E-state index in [0.717, 1.165) is 83.7 Å². The van der Waals surface area contributed by atoms with Crippen LogP contribution in [0, 0.1) is 18.8 Å². The summed E-state index contributed by atoms with van der Waals surface area (Å²) in [5.41, 5.74) is 18.1. The van der Waals surface area contributed by atoms with Gasteiger partial charge in [0.1, 0.15) is 11.7 Å². The zero-order chi connectivity index (χ0) is 65.0. The van der Waals surface area contributed by atoms with E-state index in [1.165, 1.54) is 33.4 Å².